The van der Waals surface area contributed by atoms with Crippen molar-refractivity contribution in [3.05, 3.63) is 10.6 Å². The lowest BCUT2D eigenvalue weighted by atomic mass is 9.89. The van der Waals surface area contributed by atoms with Gasteiger partial charge in [-0.3, -0.25) is 19.3 Å². The molecule has 1 N–H and O–H groups in total. The summed E-state index contributed by atoms with van der Waals surface area (Å²) in [6.45, 7) is 1.74. The summed E-state index contributed by atoms with van der Waals surface area (Å²) in [7, 11) is 0. The smallest absolute Gasteiger partial charge is 0.289 e. The zero-order valence-electron chi connectivity index (χ0n) is 12.1. The van der Waals surface area contributed by atoms with E-state index >= 15 is 0 Å². The number of hydrogen-bond acceptors (Lipinski definition) is 7. The highest BCUT2D eigenvalue weighted by Gasteiger charge is 2.41. The Morgan fingerprint density at radius 3 is 2.73 bits per heavy atom. The van der Waals surface area contributed by atoms with Gasteiger partial charge in [-0.05, 0) is 31.3 Å². The molecule has 118 valence electrons. The van der Waals surface area contributed by atoms with Crippen LogP contribution in [-0.4, -0.2) is 49.4 Å². The maximum atomic E-state index is 12.3. The second kappa shape index (κ2) is 6.33. The van der Waals surface area contributed by atoms with Crippen molar-refractivity contribution < 1.29 is 14.4 Å². The van der Waals surface area contributed by atoms with E-state index in [-0.39, 0.29) is 34.9 Å². The quantitative estimate of drug-likeness (QED) is 0.898. The minimum atomic E-state index is -0.242. The molecule has 22 heavy (non-hydrogen) atoms. The third-order valence-electron chi connectivity index (χ3n) is 4.02. The first-order valence-electron chi connectivity index (χ1n) is 7.16. The Kier molecular flexibility index (Phi) is 4.44. The largest absolute Gasteiger partial charge is 0.346 e. The summed E-state index contributed by atoms with van der Waals surface area (Å²) in [5.41, 5.74) is 0.596. The Balaban J connectivity index is 1.75. The molecule has 3 rings (SSSR count). The standard InChI is InChI=1S/C13H16N4O3S2/c1-7-11(22-16-15-7)12(19)14-8-4-2-3-5-9(8)17-10(18)6-21-13(17)20/h8-9H,2-6H2,1H3,(H,14,19)/t8-,9+/m1/s1. The zero-order valence-corrected chi connectivity index (χ0v) is 13.7. The number of rotatable bonds is 3. The van der Waals surface area contributed by atoms with Crippen LogP contribution in [0, 0.1) is 6.92 Å². The first-order valence-corrected chi connectivity index (χ1v) is 8.92. The van der Waals surface area contributed by atoms with Crippen LogP contribution in [0.5, 0.6) is 0 Å². The van der Waals surface area contributed by atoms with Crippen LogP contribution in [-0.2, 0) is 4.79 Å². The van der Waals surface area contributed by atoms with E-state index in [4.69, 9.17) is 0 Å². The van der Waals surface area contributed by atoms with Gasteiger partial charge in [0.1, 0.15) is 4.88 Å². The van der Waals surface area contributed by atoms with Crippen molar-refractivity contribution in [2.24, 2.45) is 0 Å². The Bertz CT molecular complexity index is 602. The lowest BCUT2D eigenvalue weighted by Gasteiger charge is -2.36. The van der Waals surface area contributed by atoms with Crippen molar-refractivity contribution in [1.82, 2.24) is 19.8 Å². The molecule has 1 aliphatic carbocycles. The van der Waals surface area contributed by atoms with E-state index in [1.807, 2.05) is 0 Å². The molecule has 1 aromatic rings. The van der Waals surface area contributed by atoms with Crippen LogP contribution >= 0.6 is 23.3 Å². The molecule has 3 amide bonds. The zero-order chi connectivity index (χ0) is 15.7. The number of carbonyl (C=O) groups excluding carboxylic acids is 3. The lowest BCUT2D eigenvalue weighted by Crippen LogP contribution is -2.54. The average Bonchev–Trinajstić information content (AvgIpc) is 3.06. The molecule has 7 nitrogen and oxygen atoms in total. The minimum absolute atomic E-state index is 0.156. The lowest BCUT2D eigenvalue weighted by molar-refractivity contribution is -0.127. The van der Waals surface area contributed by atoms with Gasteiger partial charge >= 0.3 is 0 Å². The Morgan fingerprint density at radius 1 is 1.32 bits per heavy atom. The number of nitrogens with zero attached hydrogens (tertiary/aromatic N) is 3. The Hall–Kier alpha value is -1.48. The third-order valence-corrected chi connectivity index (χ3v) is 5.68. The molecule has 2 heterocycles. The fourth-order valence-electron chi connectivity index (χ4n) is 2.95. The van der Waals surface area contributed by atoms with Crippen LogP contribution in [0.4, 0.5) is 4.79 Å². The van der Waals surface area contributed by atoms with E-state index in [1.165, 1.54) is 4.90 Å². The first kappa shape index (κ1) is 15.4. The van der Waals surface area contributed by atoms with Crippen molar-refractivity contribution in [3.8, 4) is 0 Å². The van der Waals surface area contributed by atoms with E-state index in [0.717, 1.165) is 49.0 Å². The van der Waals surface area contributed by atoms with Crippen molar-refractivity contribution >= 4 is 40.3 Å². The van der Waals surface area contributed by atoms with Gasteiger partial charge in [-0.25, -0.2) is 0 Å². The predicted molar refractivity (Wildman–Crippen MR) is 82.9 cm³/mol. The van der Waals surface area contributed by atoms with Gasteiger partial charge in [-0.1, -0.05) is 29.1 Å². The maximum Gasteiger partial charge on any atom is 0.289 e. The van der Waals surface area contributed by atoms with Gasteiger partial charge in [0.05, 0.1) is 23.5 Å². The van der Waals surface area contributed by atoms with Crippen LogP contribution in [0.1, 0.15) is 41.0 Å². The molecular weight excluding hydrogens is 324 g/mol. The van der Waals surface area contributed by atoms with Crippen LogP contribution in [0.25, 0.3) is 0 Å². The summed E-state index contributed by atoms with van der Waals surface area (Å²) in [6.07, 6.45) is 3.44. The summed E-state index contributed by atoms with van der Waals surface area (Å²) in [4.78, 5) is 38.1. The minimum Gasteiger partial charge on any atom is -0.346 e. The molecule has 0 spiro atoms. The summed E-state index contributed by atoms with van der Waals surface area (Å²) < 4.78 is 3.77. The number of amides is 3. The molecule has 2 aliphatic rings. The number of hydrogen-bond donors (Lipinski definition) is 1. The number of imide groups is 1. The van der Waals surface area contributed by atoms with Gasteiger partial charge in [-0.15, -0.1) is 5.10 Å². The molecule has 1 saturated heterocycles. The molecule has 0 radical (unpaired) electrons. The second-order valence-electron chi connectivity index (χ2n) is 5.44. The SMILES string of the molecule is Cc1nnsc1C(=O)N[C@@H]1CCCC[C@@H]1N1C(=O)CSC1=O. The maximum absolute atomic E-state index is 12.3. The van der Waals surface area contributed by atoms with Gasteiger partial charge < -0.3 is 5.32 Å². The van der Waals surface area contributed by atoms with Crippen molar-refractivity contribution in [2.45, 2.75) is 44.7 Å². The number of aryl methyl sites for hydroxylation is 1. The molecule has 2 atom stereocenters. The number of nitrogens with one attached hydrogen (secondary N) is 1. The normalized spacial score (nSPS) is 25.6. The molecule has 0 bridgehead atoms. The van der Waals surface area contributed by atoms with Crippen molar-refractivity contribution in [3.63, 3.8) is 0 Å². The van der Waals surface area contributed by atoms with E-state index in [0.29, 0.717) is 10.6 Å². The number of thioether (sulfide) groups is 1. The Labute approximate surface area is 136 Å². The number of carbonyl (C=O) groups is 3. The van der Waals surface area contributed by atoms with Gasteiger partial charge in [0.2, 0.25) is 5.91 Å². The van der Waals surface area contributed by atoms with Crippen LogP contribution in [0.3, 0.4) is 0 Å². The van der Waals surface area contributed by atoms with Gasteiger partial charge in [-0.2, -0.15) is 0 Å². The monoisotopic (exact) mass is 340 g/mol. The first-order chi connectivity index (χ1) is 10.6. The topological polar surface area (TPSA) is 92.3 Å². The molecule has 2 fully saturated rings. The van der Waals surface area contributed by atoms with Gasteiger partial charge in [0, 0.05) is 0 Å². The highest BCUT2D eigenvalue weighted by Crippen LogP contribution is 2.30. The van der Waals surface area contributed by atoms with Crippen LogP contribution in [0.2, 0.25) is 0 Å². The second-order valence-corrected chi connectivity index (χ2v) is 7.12. The summed E-state index contributed by atoms with van der Waals surface area (Å²) in [6, 6.07) is -0.441. The van der Waals surface area contributed by atoms with E-state index < -0.39 is 0 Å². The summed E-state index contributed by atoms with van der Waals surface area (Å²) >= 11 is 2.09. The van der Waals surface area contributed by atoms with E-state index in [9.17, 15) is 14.4 Å². The highest BCUT2D eigenvalue weighted by molar-refractivity contribution is 8.14. The average molecular weight is 340 g/mol. The number of aromatic nitrogens is 2. The molecule has 1 aromatic heterocycles. The fraction of sp³-hybridized carbons (Fsp3) is 0.615. The third kappa shape index (κ3) is 2.87. The molecule has 1 saturated carbocycles. The molecule has 9 heteroatoms. The van der Waals surface area contributed by atoms with Crippen molar-refractivity contribution in [1.29, 1.82) is 0 Å². The molecular formula is C13H16N4O3S2. The Morgan fingerprint density at radius 2 is 2.09 bits per heavy atom. The molecule has 1 aliphatic heterocycles. The van der Waals surface area contributed by atoms with Crippen molar-refractivity contribution in [2.75, 3.05) is 5.75 Å². The van der Waals surface area contributed by atoms with E-state index in [1.54, 1.807) is 6.92 Å². The fourth-order valence-corrected chi connectivity index (χ4v) is 4.27. The highest BCUT2D eigenvalue weighted by atomic mass is 32.2. The van der Waals surface area contributed by atoms with Gasteiger partial charge in [0.15, 0.2) is 0 Å². The van der Waals surface area contributed by atoms with Crippen LogP contribution in [0.15, 0.2) is 0 Å². The molecule has 0 unspecified atom stereocenters. The summed E-state index contributed by atoms with van der Waals surface area (Å²) in [5.74, 6) is -0.179. The summed E-state index contributed by atoms with van der Waals surface area (Å²) in [5, 5.41) is 6.60. The van der Waals surface area contributed by atoms with Crippen LogP contribution < -0.4 is 5.32 Å². The predicted octanol–water partition coefficient (Wildman–Crippen LogP) is 1.58. The van der Waals surface area contributed by atoms with Gasteiger partial charge in [0.25, 0.3) is 11.1 Å². The molecule has 0 aromatic carbocycles. The van der Waals surface area contributed by atoms with E-state index in [2.05, 4.69) is 14.9 Å².